The molecule has 0 spiro atoms. The molecule has 0 saturated heterocycles. The Labute approximate surface area is 197 Å². The molecule has 2 atom stereocenters. The van der Waals surface area contributed by atoms with E-state index in [1.807, 2.05) is 62.4 Å². The zero-order chi connectivity index (χ0) is 24.8. The van der Waals surface area contributed by atoms with E-state index in [4.69, 9.17) is 0 Å². The minimum Gasteiger partial charge on any atom is -0.300 e. The van der Waals surface area contributed by atoms with Gasteiger partial charge in [-0.2, -0.15) is 0 Å². The van der Waals surface area contributed by atoms with Crippen molar-refractivity contribution < 1.29 is 19.2 Å². The average molecular weight is 449 g/mol. The van der Waals surface area contributed by atoms with Crippen molar-refractivity contribution in [1.29, 1.82) is 0 Å². The number of carbonyl (C=O) groups excluding carboxylic acids is 4. The molecule has 0 aliphatic carbocycles. The summed E-state index contributed by atoms with van der Waals surface area (Å²) in [6.07, 6.45) is 1.89. The van der Waals surface area contributed by atoms with E-state index in [1.54, 1.807) is 13.8 Å². The SMILES string of the molecule is CC(=O)C(C)Cc1cccc(CC(Cc2cccc(CC(C)C(C)=O)c2)(C(C)=O)C(C)=O)c1. The Kier molecular flexibility index (Phi) is 9.04. The van der Waals surface area contributed by atoms with Crippen LogP contribution in [0.15, 0.2) is 48.5 Å². The van der Waals surface area contributed by atoms with Gasteiger partial charge in [0, 0.05) is 11.8 Å². The third kappa shape index (κ3) is 7.05. The van der Waals surface area contributed by atoms with Crippen LogP contribution in [-0.2, 0) is 44.9 Å². The van der Waals surface area contributed by atoms with E-state index in [1.165, 1.54) is 13.8 Å². The van der Waals surface area contributed by atoms with Gasteiger partial charge in [0.25, 0.3) is 0 Å². The monoisotopic (exact) mass is 448 g/mol. The molecule has 0 radical (unpaired) electrons. The van der Waals surface area contributed by atoms with Crippen LogP contribution in [0.3, 0.4) is 0 Å². The number of hydrogen-bond acceptors (Lipinski definition) is 4. The number of carbonyl (C=O) groups is 4. The van der Waals surface area contributed by atoms with Crippen molar-refractivity contribution in [2.75, 3.05) is 0 Å². The van der Waals surface area contributed by atoms with E-state index in [-0.39, 0.29) is 35.0 Å². The van der Waals surface area contributed by atoms with Crippen LogP contribution in [0.5, 0.6) is 0 Å². The zero-order valence-electron chi connectivity index (χ0n) is 20.7. The molecule has 0 N–H and O–H groups in total. The molecule has 0 saturated carbocycles. The van der Waals surface area contributed by atoms with Crippen LogP contribution in [0.2, 0.25) is 0 Å². The Bertz CT molecular complexity index is 950. The lowest BCUT2D eigenvalue weighted by Gasteiger charge is -2.29. The summed E-state index contributed by atoms with van der Waals surface area (Å²) < 4.78 is 0. The Balaban J connectivity index is 2.35. The molecule has 0 amide bonds. The lowest BCUT2D eigenvalue weighted by molar-refractivity contribution is -0.138. The summed E-state index contributed by atoms with van der Waals surface area (Å²) in [6.45, 7) is 9.98. The predicted octanol–water partition coefficient (Wildman–Crippen LogP) is 5.17. The molecule has 0 aromatic heterocycles. The summed E-state index contributed by atoms with van der Waals surface area (Å²) in [5.74, 6) is -0.182. The van der Waals surface area contributed by atoms with Gasteiger partial charge in [0.15, 0.2) is 0 Å². The van der Waals surface area contributed by atoms with Crippen LogP contribution in [0, 0.1) is 17.3 Å². The molecule has 2 unspecified atom stereocenters. The normalized spacial score (nSPS) is 13.3. The summed E-state index contributed by atoms with van der Waals surface area (Å²) in [6, 6.07) is 15.7. The maximum Gasteiger partial charge on any atom is 0.144 e. The highest BCUT2D eigenvalue weighted by atomic mass is 16.2. The van der Waals surface area contributed by atoms with E-state index >= 15 is 0 Å². The Hall–Kier alpha value is -2.88. The zero-order valence-corrected chi connectivity index (χ0v) is 20.7. The van der Waals surface area contributed by atoms with E-state index < -0.39 is 5.41 Å². The van der Waals surface area contributed by atoms with Crippen molar-refractivity contribution in [2.24, 2.45) is 17.3 Å². The topological polar surface area (TPSA) is 68.3 Å². The Morgan fingerprint density at radius 1 is 0.636 bits per heavy atom. The standard InChI is InChI=1S/C29H36O4/c1-19(21(3)30)13-25-9-7-11-27(15-25)17-29(23(5)32,24(6)33)18-28-12-8-10-26(16-28)14-20(2)22(4)31/h7-12,15-16,19-20H,13-14,17-18H2,1-6H3. The van der Waals surface area contributed by atoms with Gasteiger partial charge >= 0.3 is 0 Å². The average Bonchev–Trinajstić information content (AvgIpc) is 2.73. The molecule has 0 heterocycles. The summed E-state index contributed by atoms with van der Waals surface area (Å²) in [4.78, 5) is 49.2. The second kappa shape index (κ2) is 11.3. The van der Waals surface area contributed by atoms with Crippen molar-refractivity contribution in [3.8, 4) is 0 Å². The van der Waals surface area contributed by atoms with Crippen LogP contribution >= 0.6 is 0 Å². The van der Waals surface area contributed by atoms with Crippen LogP contribution < -0.4 is 0 Å². The molecule has 4 nitrogen and oxygen atoms in total. The third-order valence-corrected chi connectivity index (χ3v) is 6.81. The predicted molar refractivity (Wildman–Crippen MR) is 131 cm³/mol. The highest BCUT2D eigenvalue weighted by Gasteiger charge is 2.40. The van der Waals surface area contributed by atoms with Crippen LogP contribution in [0.25, 0.3) is 0 Å². The van der Waals surface area contributed by atoms with Gasteiger partial charge in [-0.15, -0.1) is 0 Å². The fraction of sp³-hybridized carbons (Fsp3) is 0.448. The van der Waals surface area contributed by atoms with E-state index in [0.717, 1.165) is 22.3 Å². The van der Waals surface area contributed by atoms with Crippen molar-refractivity contribution in [3.05, 3.63) is 70.8 Å². The quantitative estimate of drug-likeness (QED) is 0.420. The van der Waals surface area contributed by atoms with Gasteiger partial charge in [-0.25, -0.2) is 0 Å². The van der Waals surface area contributed by atoms with Crippen LogP contribution in [0.1, 0.15) is 63.8 Å². The van der Waals surface area contributed by atoms with E-state index in [0.29, 0.717) is 25.7 Å². The van der Waals surface area contributed by atoms with Gasteiger partial charge in [0.2, 0.25) is 0 Å². The summed E-state index contributed by atoms with van der Waals surface area (Å²) in [7, 11) is 0. The maximum atomic E-state index is 12.9. The maximum absolute atomic E-state index is 12.9. The first kappa shape index (κ1) is 26.4. The van der Waals surface area contributed by atoms with Crippen molar-refractivity contribution in [1.82, 2.24) is 0 Å². The van der Waals surface area contributed by atoms with Gasteiger partial charge in [0.1, 0.15) is 23.1 Å². The van der Waals surface area contributed by atoms with Gasteiger partial charge < -0.3 is 0 Å². The molecule has 33 heavy (non-hydrogen) atoms. The van der Waals surface area contributed by atoms with Gasteiger partial charge in [0.05, 0.1) is 5.41 Å². The first-order chi connectivity index (χ1) is 15.4. The molecule has 0 bridgehead atoms. The van der Waals surface area contributed by atoms with Gasteiger partial charge in [-0.3, -0.25) is 19.2 Å². The number of hydrogen-bond donors (Lipinski definition) is 0. The number of ketones is 4. The van der Waals surface area contributed by atoms with E-state index in [2.05, 4.69) is 0 Å². The first-order valence-electron chi connectivity index (χ1n) is 11.6. The second-order valence-corrected chi connectivity index (χ2v) is 9.62. The van der Waals surface area contributed by atoms with E-state index in [9.17, 15) is 19.2 Å². The lowest BCUT2D eigenvalue weighted by atomic mass is 9.70. The van der Waals surface area contributed by atoms with Crippen LogP contribution in [0.4, 0.5) is 0 Å². The Morgan fingerprint density at radius 3 is 1.27 bits per heavy atom. The molecule has 2 aromatic rings. The molecular weight excluding hydrogens is 412 g/mol. The van der Waals surface area contributed by atoms with Gasteiger partial charge in [-0.1, -0.05) is 62.4 Å². The number of benzene rings is 2. The summed E-state index contributed by atoms with van der Waals surface area (Å²) in [5, 5.41) is 0. The molecular formula is C29H36O4. The largest absolute Gasteiger partial charge is 0.300 e. The minimum absolute atomic E-state index is 0.0780. The van der Waals surface area contributed by atoms with Crippen molar-refractivity contribution >= 4 is 23.1 Å². The smallest absolute Gasteiger partial charge is 0.144 e. The molecule has 0 aliphatic rings. The molecule has 0 aliphatic heterocycles. The molecule has 176 valence electrons. The highest BCUT2D eigenvalue weighted by Crippen LogP contribution is 2.32. The summed E-state index contributed by atoms with van der Waals surface area (Å²) in [5.41, 5.74) is 2.72. The summed E-state index contributed by atoms with van der Waals surface area (Å²) >= 11 is 0. The van der Waals surface area contributed by atoms with Crippen LogP contribution in [-0.4, -0.2) is 23.1 Å². The van der Waals surface area contributed by atoms with Crippen molar-refractivity contribution in [3.63, 3.8) is 0 Å². The number of Topliss-reactive ketones (excluding diaryl/α,β-unsaturated/α-hetero) is 4. The fourth-order valence-electron chi connectivity index (χ4n) is 4.23. The van der Waals surface area contributed by atoms with Gasteiger partial charge in [-0.05, 0) is 75.6 Å². The minimum atomic E-state index is -1.16. The first-order valence-corrected chi connectivity index (χ1v) is 11.6. The molecule has 0 fully saturated rings. The second-order valence-electron chi connectivity index (χ2n) is 9.62. The highest BCUT2D eigenvalue weighted by molar-refractivity contribution is 6.05. The molecule has 4 heteroatoms. The Morgan fingerprint density at radius 2 is 0.970 bits per heavy atom. The third-order valence-electron chi connectivity index (χ3n) is 6.81. The molecule has 2 aromatic carbocycles. The fourth-order valence-corrected chi connectivity index (χ4v) is 4.23. The molecule has 2 rings (SSSR count). The lowest BCUT2D eigenvalue weighted by Crippen LogP contribution is -2.41. The number of rotatable bonds is 12. The van der Waals surface area contributed by atoms with Crippen molar-refractivity contribution in [2.45, 2.75) is 67.2 Å².